The summed E-state index contributed by atoms with van der Waals surface area (Å²) in [5, 5.41) is 0. The smallest absolute Gasteiger partial charge is 0.272 e. The van der Waals surface area contributed by atoms with Crippen molar-refractivity contribution in [3.63, 3.8) is 0 Å². The molecule has 2 aromatic rings. The Balaban J connectivity index is 1.62. The number of nitrogens with two attached hydrogens (primary N) is 1. The highest BCUT2D eigenvalue weighted by Gasteiger charge is 2.26. The normalized spacial score (nSPS) is 15.6. The molecular formula is C18H24N4O2. The second-order valence-corrected chi connectivity index (χ2v) is 5.99. The summed E-state index contributed by atoms with van der Waals surface area (Å²) >= 11 is 0. The third kappa shape index (κ3) is 3.83. The van der Waals surface area contributed by atoms with Crippen molar-refractivity contribution in [2.45, 2.75) is 25.4 Å². The average Bonchev–Trinajstić information content (AvgIpc) is 3.12. The van der Waals surface area contributed by atoms with E-state index in [1.54, 1.807) is 12.5 Å². The largest absolute Gasteiger partial charge is 0.378 e. The van der Waals surface area contributed by atoms with Gasteiger partial charge in [0.05, 0.1) is 18.6 Å². The molecule has 6 nitrogen and oxygen atoms in total. The van der Waals surface area contributed by atoms with E-state index in [4.69, 9.17) is 10.5 Å². The van der Waals surface area contributed by atoms with E-state index in [9.17, 15) is 4.79 Å². The van der Waals surface area contributed by atoms with Crippen molar-refractivity contribution >= 4 is 5.91 Å². The number of para-hydroxylation sites is 1. The quantitative estimate of drug-likeness (QED) is 0.821. The van der Waals surface area contributed by atoms with Crippen LogP contribution in [0.1, 0.15) is 29.8 Å². The molecule has 2 heterocycles. The van der Waals surface area contributed by atoms with Gasteiger partial charge in [0.2, 0.25) is 0 Å². The number of hydrogen-bond acceptors (Lipinski definition) is 4. The van der Waals surface area contributed by atoms with Gasteiger partial charge in [-0.05, 0) is 37.9 Å². The predicted octanol–water partition coefficient (Wildman–Crippen LogP) is 1.84. The minimum Gasteiger partial charge on any atom is -0.378 e. The summed E-state index contributed by atoms with van der Waals surface area (Å²) in [6.07, 6.45) is 6.19. The van der Waals surface area contributed by atoms with Crippen LogP contribution in [0.15, 0.2) is 42.9 Å². The lowest BCUT2D eigenvalue weighted by atomic mass is 10.1. The zero-order valence-corrected chi connectivity index (χ0v) is 13.8. The summed E-state index contributed by atoms with van der Waals surface area (Å²) in [6.45, 7) is 2.79. The maximum Gasteiger partial charge on any atom is 0.272 e. The number of rotatable bonds is 6. The van der Waals surface area contributed by atoms with Crippen LogP contribution in [0.25, 0.3) is 5.69 Å². The Hall–Kier alpha value is -2.18. The lowest BCUT2D eigenvalue weighted by Gasteiger charge is -2.32. The maximum absolute atomic E-state index is 12.8. The average molecular weight is 328 g/mol. The summed E-state index contributed by atoms with van der Waals surface area (Å²) in [5.41, 5.74) is 7.02. The molecule has 2 N–H and O–H groups in total. The topological polar surface area (TPSA) is 73.4 Å². The van der Waals surface area contributed by atoms with E-state index in [1.807, 2.05) is 39.8 Å². The summed E-state index contributed by atoms with van der Waals surface area (Å²) in [6, 6.07) is 9.80. The first-order valence-corrected chi connectivity index (χ1v) is 8.48. The van der Waals surface area contributed by atoms with E-state index in [-0.39, 0.29) is 12.0 Å². The molecule has 24 heavy (non-hydrogen) atoms. The van der Waals surface area contributed by atoms with Gasteiger partial charge in [0.25, 0.3) is 5.91 Å². The van der Waals surface area contributed by atoms with Crippen molar-refractivity contribution in [2.24, 2.45) is 5.73 Å². The number of likely N-dealkylation sites (tertiary alicyclic amines) is 1. The monoisotopic (exact) mass is 328 g/mol. The number of hydrogen-bond donors (Lipinski definition) is 1. The van der Waals surface area contributed by atoms with Crippen LogP contribution in [-0.2, 0) is 4.74 Å². The Bertz CT molecular complexity index is 648. The van der Waals surface area contributed by atoms with Crippen LogP contribution >= 0.6 is 0 Å². The highest BCUT2D eigenvalue weighted by atomic mass is 16.5. The molecule has 1 saturated heterocycles. The van der Waals surface area contributed by atoms with Crippen molar-refractivity contribution in [2.75, 3.05) is 26.2 Å². The van der Waals surface area contributed by atoms with E-state index in [0.717, 1.165) is 24.9 Å². The maximum atomic E-state index is 12.8. The lowest BCUT2D eigenvalue weighted by Crippen LogP contribution is -2.41. The Morgan fingerprint density at radius 1 is 1.25 bits per heavy atom. The van der Waals surface area contributed by atoms with E-state index < -0.39 is 0 Å². The van der Waals surface area contributed by atoms with Crippen LogP contribution in [-0.4, -0.2) is 52.7 Å². The molecule has 6 heteroatoms. The molecule has 1 fully saturated rings. The van der Waals surface area contributed by atoms with Crippen LogP contribution in [0.2, 0.25) is 0 Å². The van der Waals surface area contributed by atoms with Gasteiger partial charge in [-0.2, -0.15) is 0 Å². The Kier molecular flexibility index (Phi) is 5.61. The molecule has 0 spiro atoms. The van der Waals surface area contributed by atoms with Crippen molar-refractivity contribution in [3.8, 4) is 5.69 Å². The molecule has 128 valence electrons. The Morgan fingerprint density at radius 2 is 2.00 bits per heavy atom. The van der Waals surface area contributed by atoms with Gasteiger partial charge in [-0.3, -0.25) is 9.36 Å². The van der Waals surface area contributed by atoms with Crippen LogP contribution in [0.4, 0.5) is 0 Å². The molecule has 0 atom stereocenters. The molecular weight excluding hydrogens is 304 g/mol. The lowest BCUT2D eigenvalue weighted by molar-refractivity contribution is 0.00824. The summed E-state index contributed by atoms with van der Waals surface area (Å²) < 4.78 is 7.64. The van der Waals surface area contributed by atoms with Crippen molar-refractivity contribution < 1.29 is 9.53 Å². The Morgan fingerprint density at radius 3 is 2.71 bits per heavy atom. The predicted molar refractivity (Wildman–Crippen MR) is 92.1 cm³/mol. The first-order chi connectivity index (χ1) is 11.8. The second-order valence-electron chi connectivity index (χ2n) is 5.99. The molecule has 1 aromatic carbocycles. The molecule has 3 rings (SSSR count). The molecule has 1 aliphatic heterocycles. The third-order valence-electron chi connectivity index (χ3n) is 4.32. The van der Waals surface area contributed by atoms with Gasteiger partial charge in [-0.25, -0.2) is 4.98 Å². The first kappa shape index (κ1) is 16.7. The van der Waals surface area contributed by atoms with Crippen LogP contribution < -0.4 is 5.73 Å². The Labute approximate surface area is 142 Å². The fourth-order valence-electron chi connectivity index (χ4n) is 2.97. The molecule has 0 radical (unpaired) electrons. The fraction of sp³-hybridized carbons (Fsp3) is 0.444. The van der Waals surface area contributed by atoms with Gasteiger partial charge in [0, 0.05) is 25.4 Å². The zero-order chi connectivity index (χ0) is 16.8. The van der Waals surface area contributed by atoms with Gasteiger partial charge in [-0.1, -0.05) is 18.2 Å². The zero-order valence-electron chi connectivity index (χ0n) is 13.8. The number of piperidine rings is 1. The first-order valence-electron chi connectivity index (χ1n) is 8.48. The van der Waals surface area contributed by atoms with Gasteiger partial charge in [0.1, 0.15) is 5.69 Å². The minimum absolute atomic E-state index is 0.0248. The molecule has 0 saturated carbocycles. The number of amides is 1. The molecule has 1 amide bonds. The van der Waals surface area contributed by atoms with Crippen molar-refractivity contribution in [1.29, 1.82) is 0 Å². The summed E-state index contributed by atoms with van der Waals surface area (Å²) in [7, 11) is 0. The number of carbonyl (C=O) groups excluding carboxylic acids is 1. The van der Waals surface area contributed by atoms with Gasteiger partial charge >= 0.3 is 0 Å². The molecule has 1 aliphatic rings. The van der Waals surface area contributed by atoms with Gasteiger partial charge < -0.3 is 15.4 Å². The number of imidazole rings is 1. The highest BCUT2D eigenvalue weighted by molar-refractivity contribution is 5.93. The van der Waals surface area contributed by atoms with E-state index >= 15 is 0 Å². The SMILES string of the molecule is NCCCOC1CCN(C(=O)c2cncn2-c2ccccc2)CC1. The standard InChI is InChI=1S/C18H24N4O2/c19-9-4-12-24-16-7-10-21(11-8-16)18(23)17-13-20-14-22(17)15-5-2-1-3-6-15/h1-3,5-6,13-14,16H,4,7-12,19H2. The van der Waals surface area contributed by atoms with Crippen LogP contribution in [0.5, 0.6) is 0 Å². The molecule has 0 aliphatic carbocycles. The third-order valence-corrected chi connectivity index (χ3v) is 4.32. The summed E-state index contributed by atoms with van der Waals surface area (Å²) in [4.78, 5) is 18.9. The van der Waals surface area contributed by atoms with Crippen molar-refractivity contribution in [1.82, 2.24) is 14.5 Å². The fourth-order valence-corrected chi connectivity index (χ4v) is 2.97. The molecule has 1 aromatic heterocycles. The molecule has 0 unspecified atom stereocenters. The van der Waals surface area contributed by atoms with Crippen molar-refractivity contribution in [3.05, 3.63) is 48.5 Å². The number of carbonyl (C=O) groups is 1. The molecule has 0 bridgehead atoms. The van der Waals surface area contributed by atoms with Crippen LogP contribution in [0.3, 0.4) is 0 Å². The number of aromatic nitrogens is 2. The van der Waals surface area contributed by atoms with E-state index in [1.165, 1.54) is 0 Å². The second kappa shape index (κ2) is 8.08. The highest BCUT2D eigenvalue weighted by Crippen LogP contribution is 2.18. The number of ether oxygens (including phenoxy) is 1. The minimum atomic E-state index is 0.0248. The number of nitrogens with zero attached hydrogens (tertiary/aromatic N) is 3. The van der Waals surface area contributed by atoms with Gasteiger partial charge in [0.15, 0.2) is 0 Å². The van der Waals surface area contributed by atoms with E-state index in [0.29, 0.717) is 31.9 Å². The summed E-state index contributed by atoms with van der Waals surface area (Å²) in [5.74, 6) is 0.0248. The van der Waals surface area contributed by atoms with Gasteiger partial charge in [-0.15, -0.1) is 0 Å². The van der Waals surface area contributed by atoms with Crippen LogP contribution in [0, 0.1) is 0 Å². The van der Waals surface area contributed by atoms with E-state index in [2.05, 4.69) is 4.98 Å². The number of benzene rings is 1.